The normalized spacial score (nSPS) is 11.1. The van der Waals surface area contributed by atoms with Gasteiger partial charge in [-0.1, -0.05) is 11.6 Å². The summed E-state index contributed by atoms with van der Waals surface area (Å²) >= 11 is 5.76. The number of hydrogen-bond acceptors (Lipinski definition) is 4. The highest BCUT2D eigenvalue weighted by Gasteiger charge is 2.14. The number of amides is 1. The van der Waals surface area contributed by atoms with E-state index in [1.54, 1.807) is 12.1 Å². The Morgan fingerprint density at radius 3 is 2.24 bits per heavy atom. The van der Waals surface area contributed by atoms with E-state index >= 15 is 0 Å². The van der Waals surface area contributed by atoms with Gasteiger partial charge in [0.1, 0.15) is 0 Å². The van der Waals surface area contributed by atoms with Gasteiger partial charge in [-0.2, -0.15) is 0 Å². The minimum Gasteiger partial charge on any atom is -0.449 e. The zero-order valence-electron chi connectivity index (χ0n) is 12.8. The van der Waals surface area contributed by atoms with Gasteiger partial charge in [0.2, 0.25) is 0 Å². The van der Waals surface area contributed by atoms with Crippen molar-refractivity contribution in [3.05, 3.63) is 77.5 Å². The van der Waals surface area contributed by atoms with Crippen molar-refractivity contribution in [1.29, 1.82) is 0 Å². The molecule has 2 N–H and O–H groups in total. The molecular weight excluding hydrogens is 364 g/mol. The maximum Gasteiger partial charge on any atom is 0.261 e. The van der Waals surface area contributed by atoms with E-state index in [0.29, 0.717) is 22.2 Å². The van der Waals surface area contributed by atoms with E-state index < -0.39 is 10.0 Å². The van der Waals surface area contributed by atoms with Crippen LogP contribution in [0.4, 0.5) is 11.6 Å². The van der Waals surface area contributed by atoms with Gasteiger partial charge in [-0.15, -0.1) is 0 Å². The number of sulfonamides is 1. The summed E-state index contributed by atoms with van der Waals surface area (Å²) in [5.41, 5.74) is 0.704. The number of furan rings is 1. The molecule has 3 aromatic rings. The van der Waals surface area contributed by atoms with Crippen LogP contribution in [0.2, 0.25) is 5.02 Å². The fraction of sp³-hybridized carbons (Fsp3) is 0. The van der Waals surface area contributed by atoms with Crippen molar-refractivity contribution < 1.29 is 17.6 Å². The van der Waals surface area contributed by atoms with Crippen LogP contribution in [-0.2, 0) is 10.0 Å². The van der Waals surface area contributed by atoms with Gasteiger partial charge in [-0.25, -0.2) is 8.42 Å². The topological polar surface area (TPSA) is 88.4 Å². The Balaban J connectivity index is 1.72. The Kier molecular flexibility index (Phi) is 4.78. The monoisotopic (exact) mass is 376 g/mol. The van der Waals surface area contributed by atoms with Gasteiger partial charge in [-0.3, -0.25) is 14.8 Å². The highest BCUT2D eigenvalue weighted by Crippen LogP contribution is 2.19. The van der Waals surface area contributed by atoms with Gasteiger partial charge >= 0.3 is 0 Å². The van der Waals surface area contributed by atoms with Crippen molar-refractivity contribution in [2.75, 3.05) is 10.0 Å². The van der Waals surface area contributed by atoms with Crippen LogP contribution < -0.4 is 10.0 Å². The molecule has 0 atom stereocenters. The molecule has 0 saturated carbocycles. The van der Waals surface area contributed by atoms with Crippen molar-refractivity contribution in [3.63, 3.8) is 0 Å². The smallest absolute Gasteiger partial charge is 0.261 e. The van der Waals surface area contributed by atoms with Crippen LogP contribution in [0.25, 0.3) is 0 Å². The molecule has 1 amide bonds. The van der Waals surface area contributed by atoms with Gasteiger partial charge in [0.05, 0.1) is 11.2 Å². The molecule has 0 fully saturated rings. The van der Waals surface area contributed by atoms with Crippen LogP contribution in [0.3, 0.4) is 0 Å². The molecular formula is C17H13ClN2O4S. The molecule has 0 bridgehead atoms. The highest BCUT2D eigenvalue weighted by molar-refractivity contribution is 7.92. The van der Waals surface area contributed by atoms with Crippen LogP contribution >= 0.6 is 11.6 Å². The second-order valence-electron chi connectivity index (χ2n) is 5.07. The van der Waals surface area contributed by atoms with Crippen molar-refractivity contribution in [2.24, 2.45) is 0 Å². The molecule has 2 aromatic carbocycles. The zero-order valence-corrected chi connectivity index (χ0v) is 14.3. The van der Waals surface area contributed by atoms with Crippen LogP contribution in [0.15, 0.2) is 76.2 Å². The van der Waals surface area contributed by atoms with Crippen molar-refractivity contribution in [3.8, 4) is 0 Å². The van der Waals surface area contributed by atoms with E-state index in [-0.39, 0.29) is 10.8 Å². The summed E-state index contributed by atoms with van der Waals surface area (Å²) in [5.74, 6) is -0.0282. The number of carbonyl (C=O) groups is 1. The highest BCUT2D eigenvalue weighted by atomic mass is 35.5. The average Bonchev–Trinajstić information content (AvgIpc) is 3.08. The van der Waals surface area contributed by atoms with Gasteiger partial charge in [0.25, 0.3) is 15.9 Å². The van der Waals surface area contributed by atoms with Gasteiger partial charge < -0.3 is 4.42 Å². The number of rotatable bonds is 5. The lowest BCUT2D eigenvalue weighted by Gasteiger charge is -2.09. The third kappa shape index (κ3) is 4.20. The first-order valence-corrected chi connectivity index (χ1v) is 9.03. The van der Waals surface area contributed by atoms with Crippen LogP contribution in [0.1, 0.15) is 10.4 Å². The largest absolute Gasteiger partial charge is 0.449 e. The summed E-state index contributed by atoms with van der Waals surface area (Å²) in [4.78, 5) is 12.1. The van der Waals surface area contributed by atoms with E-state index in [1.807, 2.05) is 0 Å². The minimum atomic E-state index is -3.73. The fourth-order valence-corrected chi connectivity index (χ4v) is 3.24. The first-order chi connectivity index (χ1) is 11.9. The fourth-order valence-electron chi connectivity index (χ4n) is 2.05. The van der Waals surface area contributed by atoms with Crippen molar-refractivity contribution in [2.45, 2.75) is 4.90 Å². The molecule has 128 valence electrons. The van der Waals surface area contributed by atoms with Crippen LogP contribution in [0.5, 0.6) is 0 Å². The number of hydrogen-bond donors (Lipinski definition) is 2. The maximum atomic E-state index is 12.3. The molecule has 3 rings (SSSR count). The molecule has 8 heteroatoms. The van der Waals surface area contributed by atoms with E-state index in [1.165, 1.54) is 54.8 Å². The Labute approximate surface area is 149 Å². The standard InChI is InChI=1S/C17H13ClN2O4S/c18-13-5-9-15(10-6-13)25(22,23)20-14-7-3-12(4-8-14)17(21)19-16-2-1-11-24-16/h1-11,20H,(H,19,21). The number of benzene rings is 2. The molecule has 6 nitrogen and oxygen atoms in total. The first-order valence-electron chi connectivity index (χ1n) is 7.17. The molecule has 0 spiro atoms. The molecule has 1 heterocycles. The van der Waals surface area contributed by atoms with Gasteiger partial charge in [0, 0.05) is 22.3 Å². The van der Waals surface area contributed by atoms with Crippen LogP contribution in [-0.4, -0.2) is 14.3 Å². The maximum absolute atomic E-state index is 12.3. The summed E-state index contributed by atoms with van der Waals surface area (Å²) in [6.07, 6.45) is 1.45. The molecule has 25 heavy (non-hydrogen) atoms. The molecule has 1 aromatic heterocycles. The second-order valence-corrected chi connectivity index (χ2v) is 7.19. The van der Waals surface area contributed by atoms with E-state index in [0.717, 1.165) is 0 Å². The quantitative estimate of drug-likeness (QED) is 0.704. The lowest BCUT2D eigenvalue weighted by Crippen LogP contribution is -2.14. The summed E-state index contributed by atoms with van der Waals surface area (Å²) < 4.78 is 32.1. The third-order valence-corrected chi connectivity index (χ3v) is 4.93. The van der Waals surface area contributed by atoms with Crippen molar-refractivity contribution in [1.82, 2.24) is 0 Å². The second kappa shape index (κ2) is 7.00. The number of carbonyl (C=O) groups excluding carboxylic acids is 1. The third-order valence-electron chi connectivity index (χ3n) is 3.28. The Hall–Kier alpha value is -2.77. The van der Waals surface area contributed by atoms with E-state index in [2.05, 4.69) is 10.0 Å². The molecule has 0 saturated heterocycles. The molecule has 0 radical (unpaired) electrons. The SMILES string of the molecule is O=C(Nc1ccco1)c1ccc(NS(=O)(=O)c2ccc(Cl)cc2)cc1. The van der Waals surface area contributed by atoms with Crippen molar-refractivity contribution >= 4 is 39.1 Å². The minimum absolute atomic E-state index is 0.0940. The molecule has 0 aliphatic rings. The molecule has 0 unspecified atom stereocenters. The summed E-state index contributed by atoms with van der Waals surface area (Å²) in [6.45, 7) is 0. The number of halogens is 1. The summed E-state index contributed by atoms with van der Waals surface area (Å²) in [7, 11) is -3.73. The Morgan fingerprint density at radius 2 is 1.64 bits per heavy atom. The molecule has 0 aliphatic carbocycles. The lowest BCUT2D eigenvalue weighted by atomic mass is 10.2. The van der Waals surface area contributed by atoms with E-state index in [4.69, 9.17) is 16.0 Å². The zero-order chi connectivity index (χ0) is 17.9. The number of anilines is 2. The van der Waals surface area contributed by atoms with E-state index in [9.17, 15) is 13.2 Å². The summed E-state index contributed by atoms with van der Waals surface area (Å²) in [6, 6.07) is 15.1. The summed E-state index contributed by atoms with van der Waals surface area (Å²) in [5, 5.41) is 3.03. The van der Waals surface area contributed by atoms with Gasteiger partial charge in [0.15, 0.2) is 5.88 Å². The Morgan fingerprint density at radius 1 is 0.960 bits per heavy atom. The number of nitrogens with one attached hydrogen (secondary N) is 2. The Bertz CT molecular complexity index is 967. The lowest BCUT2D eigenvalue weighted by molar-refractivity contribution is 0.102. The van der Waals surface area contributed by atoms with Gasteiger partial charge in [-0.05, 0) is 54.6 Å². The first kappa shape index (κ1) is 17.1. The average molecular weight is 377 g/mol. The predicted octanol–water partition coefficient (Wildman–Crippen LogP) is 3.99. The molecule has 0 aliphatic heterocycles. The van der Waals surface area contributed by atoms with Crippen LogP contribution in [0, 0.1) is 0 Å². The predicted molar refractivity (Wildman–Crippen MR) is 95.4 cm³/mol.